The highest BCUT2D eigenvalue weighted by atomic mass is 14.8. The molecule has 5 fully saturated rings. The van der Waals surface area contributed by atoms with Crippen LogP contribution in [0.25, 0.3) is 11.1 Å². The topological polar surface area (TPSA) is 26.0 Å². The molecule has 9 aliphatic rings. The zero-order chi connectivity index (χ0) is 13.6. The molecular formula is C21H21N. The van der Waals surface area contributed by atoms with Crippen LogP contribution >= 0.6 is 0 Å². The van der Waals surface area contributed by atoms with Crippen LogP contribution in [0.4, 0.5) is 0 Å². The first kappa shape index (κ1) is 10.1. The summed E-state index contributed by atoms with van der Waals surface area (Å²) in [6, 6.07) is 0.522. The third-order valence-electron chi connectivity index (χ3n) is 10.3. The lowest BCUT2D eigenvalue weighted by molar-refractivity contribution is -0.211. The first-order chi connectivity index (χ1) is 10.9. The maximum atomic E-state index is 6.26. The molecule has 10 atom stereocenters. The van der Waals surface area contributed by atoms with Crippen LogP contribution in [0.15, 0.2) is 0 Å². The van der Waals surface area contributed by atoms with Crippen LogP contribution < -0.4 is 5.73 Å². The van der Waals surface area contributed by atoms with Gasteiger partial charge in [-0.05, 0) is 118 Å². The van der Waals surface area contributed by atoms with Gasteiger partial charge in [0.2, 0.25) is 0 Å². The van der Waals surface area contributed by atoms with E-state index < -0.39 is 0 Å². The van der Waals surface area contributed by atoms with Crippen LogP contribution in [0.5, 0.6) is 0 Å². The highest BCUT2D eigenvalue weighted by molar-refractivity contribution is 6.03. The van der Waals surface area contributed by atoms with Crippen molar-refractivity contribution in [1.29, 1.82) is 0 Å². The second-order valence-electron chi connectivity index (χ2n) is 10.1. The van der Waals surface area contributed by atoms with Crippen LogP contribution in [0.2, 0.25) is 0 Å². The van der Waals surface area contributed by atoms with Crippen LogP contribution in [0, 0.1) is 35.5 Å². The van der Waals surface area contributed by atoms with Crippen molar-refractivity contribution < 1.29 is 0 Å². The summed E-state index contributed by atoms with van der Waals surface area (Å²) in [5.74, 6) is 10.7. The van der Waals surface area contributed by atoms with E-state index in [0.717, 1.165) is 47.3 Å². The van der Waals surface area contributed by atoms with E-state index in [9.17, 15) is 0 Å². The third kappa shape index (κ3) is 0.632. The fraction of sp³-hybridized carbons (Fsp3) is 0.714. The molecule has 0 spiro atoms. The average molecular weight is 287 g/mol. The zero-order valence-corrected chi connectivity index (χ0v) is 12.8. The average Bonchev–Trinajstić information content (AvgIpc) is 2.75. The molecule has 0 aromatic rings. The van der Waals surface area contributed by atoms with E-state index in [1.807, 2.05) is 33.4 Å². The highest BCUT2D eigenvalue weighted by Crippen LogP contribution is 2.89. The molecule has 0 amide bonds. The molecule has 0 heterocycles. The summed E-state index contributed by atoms with van der Waals surface area (Å²) >= 11 is 0. The lowest BCUT2D eigenvalue weighted by Crippen LogP contribution is -2.70. The summed E-state index contributed by atoms with van der Waals surface area (Å²) < 4.78 is 0. The standard InChI is InChI=1S/C21H21N/c22-5-3-8-9(4-5)13-12(8)16-17(13)21-19-15-11-7-2-1-6(7)10(11)14(15)18(19)20(16)21/h5-15H,1-4,22H2. The molecule has 0 aliphatic heterocycles. The number of hydrogen-bond acceptors (Lipinski definition) is 1. The van der Waals surface area contributed by atoms with Gasteiger partial charge >= 0.3 is 0 Å². The molecule has 9 aliphatic carbocycles. The number of fused-ring (bicyclic) bond motifs is 22. The van der Waals surface area contributed by atoms with E-state index in [2.05, 4.69) is 0 Å². The smallest absolute Gasteiger partial charge is 0.00447 e. The van der Waals surface area contributed by atoms with Crippen molar-refractivity contribution in [2.24, 2.45) is 41.2 Å². The fourth-order valence-electron chi connectivity index (χ4n) is 9.60. The lowest BCUT2D eigenvalue weighted by Gasteiger charge is -2.80. The molecule has 110 valence electrons. The van der Waals surface area contributed by atoms with Crippen LogP contribution in [0.1, 0.15) is 71.6 Å². The summed E-state index contributed by atoms with van der Waals surface area (Å²) in [5, 5.41) is 0. The Balaban J connectivity index is 1.19. The second kappa shape index (κ2) is 2.53. The number of nitrogens with two attached hydrogens (primary N) is 1. The summed E-state index contributed by atoms with van der Waals surface area (Å²) in [5.41, 5.74) is 17.6. The Morgan fingerprint density at radius 2 is 1.05 bits per heavy atom. The van der Waals surface area contributed by atoms with Crippen LogP contribution in [0.3, 0.4) is 0 Å². The van der Waals surface area contributed by atoms with Crippen LogP contribution in [-0.2, 0) is 0 Å². The van der Waals surface area contributed by atoms with Gasteiger partial charge in [0, 0.05) is 6.04 Å². The summed E-state index contributed by atoms with van der Waals surface area (Å²) in [4.78, 5) is 0. The Morgan fingerprint density at radius 1 is 0.591 bits per heavy atom. The van der Waals surface area contributed by atoms with Gasteiger partial charge in [0.15, 0.2) is 0 Å². The molecule has 1 nitrogen and oxygen atoms in total. The van der Waals surface area contributed by atoms with E-state index >= 15 is 0 Å². The van der Waals surface area contributed by atoms with Gasteiger partial charge in [0.05, 0.1) is 0 Å². The van der Waals surface area contributed by atoms with Crippen molar-refractivity contribution in [2.45, 2.75) is 55.4 Å². The summed E-state index contributed by atoms with van der Waals surface area (Å²) in [6.07, 6.45) is 5.81. The Morgan fingerprint density at radius 3 is 1.50 bits per heavy atom. The molecule has 0 bridgehead atoms. The van der Waals surface area contributed by atoms with Crippen LogP contribution in [-0.4, -0.2) is 6.04 Å². The van der Waals surface area contributed by atoms with Crippen molar-refractivity contribution >= 4 is 0 Å². The molecule has 0 radical (unpaired) electrons. The summed E-state index contributed by atoms with van der Waals surface area (Å²) in [6.45, 7) is 0. The minimum atomic E-state index is 0.522. The Kier molecular flexibility index (Phi) is 1.16. The first-order valence-corrected chi connectivity index (χ1v) is 9.85. The molecule has 10 unspecified atom stereocenters. The molecule has 9 rings (SSSR count). The minimum Gasteiger partial charge on any atom is -0.328 e. The van der Waals surface area contributed by atoms with Gasteiger partial charge in [-0.2, -0.15) is 0 Å². The number of rotatable bonds is 0. The Labute approximate surface area is 130 Å². The third-order valence-corrected chi connectivity index (χ3v) is 10.3. The maximum Gasteiger partial charge on any atom is 0.00447 e. The maximum absolute atomic E-state index is 6.26. The van der Waals surface area contributed by atoms with Gasteiger partial charge in [-0.15, -0.1) is 0 Å². The van der Waals surface area contributed by atoms with Gasteiger partial charge in [0.25, 0.3) is 0 Å². The Hall–Kier alpha value is -0.820. The first-order valence-electron chi connectivity index (χ1n) is 9.85. The molecule has 1 heteroatoms. The SMILES string of the molecule is NC1CC2C(C1)C1c3c4c5c(c-4c3C21)C1C5C2C3CCC3C12. The van der Waals surface area contributed by atoms with E-state index in [1.165, 1.54) is 24.7 Å². The lowest BCUT2D eigenvalue weighted by atomic mass is 9.24. The van der Waals surface area contributed by atoms with Crippen molar-refractivity contribution in [3.63, 3.8) is 0 Å². The van der Waals surface area contributed by atoms with Gasteiger partial charge < -0.3 is 5.73 Å². The highest BCUT2D eigenvalue weighted by Gasteiger charge is 2.77. The predicted octanol–water partition coefficient (Wildman–Crippen LogP) is 3.68. The molecular weight excluding hydrogens is 266 g/mol. The van der Waals surface area contributed by atoms with E-state index in [1.54, 1.807) is 12.8 Å². The van der Waals surface area contributed by atoms with Crippen molar-refractivity contribution in [3.05, 3.63) is 22.3 Å². The van der Waals surface area contributed by atoms with Crippen molar-refractivity contribution in [2.75, 3.05) is 0 Å². The van der Waals surface area contributed by atoms with Crippen molar-refractivity contribution in [3.8, 4) is 11.1 Å². The van der Waals surface area contributed by atoms with Gasteiger partial charge in [-0.25, -0.2) is 0 Å². The molecule has 0 aromatic heterocycles. The molecule has 5 saturated carbocycles. The second-order valence-corrected chi connectivity index (χ2v) is 10.1. The van der Waals surface area contributed by atoms with Gasteiger partial charge in [-0.1, -0.05) is 0 Å². The fourth-order valence-corrected chi connectivity index (χ4v) is 9.60. The van der Waals surface area contributed by atoms with Gasteiger partial charge in [0.1, 0.15) is 0 Å². The molecule has 22 heavy (non-hydrogen) atoms. The molecule has 2 N–H and O–H groups in total. The monoisotopic (exact) mass is 287 g/mol. The zero-order valence-electron chi connectivity index (χ0n) is 12.8. The van der Waals surface area contributed by atoms with E-state index in [0.29, 0.717) is 6.04 Å². The predicted molar refractivity (Wildman–Crippen MR) is 83.8 cm³/mol. The Bertz CT molecular complexity index is 783. The van der Waals surface area contributed by atoms with E-state index in [4.69, 9.17) is 5.73 Å². The minimum absolute atomic E-state index is 0.522. The van der Waals surface area contributed by atoms with Gasteiger partial charge in [-0.3, -0.25) is 0 Å². The number of hydrogen-bond donors (Lipinski definition) is 1. The normalized spacial score (nSPS) is 63.4. The number of benzene rings is 1. The molecule has 0 saturated heterocycles. The van der Waals surface area contributed by atoms with E-state index in [-0.39, 0.29) is 0 Å². The largest absolute Gasteiger partial charge is 0.328 e. The van der Waals surface area contributed by atoms with Crippen molar-refractivity contribution in [1.82, 2.24) is 0 Å². The molecule has 0 aromatic carbocycles. The summed E-state index contributed by atoms with van der Waals surface area (Å²) in [7, 11) is 0. The quantitative estimate of drug-likeness (QED) is 0.735.